The van der Waals surface area contributed by atoms with Crippen molar-refractivity contribution in [3.05, 3.63) is 71.0 Å². The lowest BCUT2D eigenvalue weighted by atomic mass is 10.1. The number of amides is 2. The molecule has 2 aromatic rings. The molecule has 0 atom stereocenters. The van der Waals surface area contributed by atoms with E-state index in [2.05, 4.69) is 11.8 Å². The summed E-state index contributed by atoms with van der Waals surface area (Å²) in [6.45, 7) is 0.212. The molecule has 1 aliphatic heterocycles. The number of benzene rings is 2. The van der Waals surface area contributed by atoms with Crippen molar-refractivity contribution in [3.63, 3.8) is 0 Å². The molecule has 0 bridgehead atoms. The van der Waals surface area contributed by atoms with Crippen LogP contribution in [-0.4, -0.2) is 23.5 Å². The topological polar surface area (TPSA) is 46.6 Å². The summed E-state index contributed by atoms with van der Waals surface area (Å²) in [6.07, 6.45) is 1.11. The van der Waals surface area contributed by atoms with Crippen LogP contribution in [0.3, 0.4) is 0 Å². The fraction of sp³-hybridized carbons (Fsp3) is 0.158. The van der Waals surface area contributed by atoms with Crippen LogP contribution in [0.5, 0.6) is 0 Å². The number of nitrogens with zero attached hydrogens (tertiary/aromatic N) is 1. The number of halogens is 1. The monoisotopic (exact) mass is 323 g/mol. The van der Waals surface area contributed by atoms with Crippen LogP contribution in [0.25, 0.3) is 0 Å². The molecule has 1 aliphatic rings. The van der Waals surface area contributed by atoms with E-state index >= 15 is 0 Å². The SMILES string of the molecule is O=C1c2ccccc2C(=O)N1OCCCC#Cc1ccc(F)cc1. The first-order valence-corrected chi connectivity index (χ1v) is 7.52. The van der Waals surface area contributed by atoms with E-state index < -0.39 is 11.8 Å². The van der Waals surface area contributed by atoms with Gasteiger partial charge in [0.2, 0.25) is 0 Å². The normalized spacial score (nSPS) is 12.8. The molecule has 0 aliphatic carbocycles. The molecule has 120 valence electrons. The van der Waals surface area contributed by atoms with Gasteiger partial charge in [-0.2, -0.15) is 0 Å². The van der Waals surface area contributed by atoms with Crippen LogP contribution in [-0.2, 0) is 4.84 Å². The van der Waals surface area contributed by atoms with E-state index in [1.54, 1.807) is 36.4 Å². The lowest BCUT2D eigenvalue weighted by Crippen LogP contribution is -2.30. The lowest BCUT2D eigenvalue weighted by Gasteiger charge is -2.12. The fourth-order valence-electron chi connectivity index (χ4n) is 2.30. The second kappa shape index (κ2) is 7.07. The highest BCUT2D eigenvalue weighted by Gasteiger charge is 2.36. The Morgan fingerprint density at radius 1 is 0.958 bits per heavy atom. The highest BCUT2D eigenvalue weighted by atomic mass is 19.1. The fourth-order valence-corrected chi connectivity index (χ4v) is 2.30. The van der Waals surface area contributed by atoms with Crippen molar-refractivity contribution in [1.29, 1.82) is 0 Å². The number of fused-ring (bicyclic) bond motifs is 1. The molecule has 0 unspecified atom stereocenters. The maximum absolute atomic E-state index is 12.8. The largest absolute Gasteiger partial charge is 0.285 e. The van der Waals surface area contributed by atoms with Gasteiger partial charge in [-0.15, -0.1) is 5.06 Å². The Labute approximate surface area is 138 Å². The Morgan fingerprint density at radius 2 is 1.58 bits per heavy atom. The number of imide groups is 1. The average Bonchev–Trinajstić information content (AvgIpc) is 2.84. The van der Waals surface area contributed by atoms with Gasteiger partial charge < -0.3 is 0 Å². The van der Waals surface area contributed by atoms with E-state index in [-0.39, 0.29) is 12.4 Å². The van der Waals surface area contributed by atoms with Crippen molar-refractivity contribution in [3.8, 4) is 11.8 Å². The summed E-state index contributed by atoms with van der Waals surface area (Å²) in [5, 5.41) is 0.804. The molecule has 0 aromatic heterocycles. The number of hydrogen-bond acceptors (Lipinski definition) is 3. The van der Waals surface area contributed by atoms with Gasteiger partial charge in [0.05, 0.1) is 17.7 Å². The van der Waals surface area contributed by atoms with Gasteiger partial charge in [-0.1, -0.05) is 24.0 Å². The van der Waals surface area contributed by atoms with E-state index in [1.807, 2.05) is 0 Å². The number of hydrogen-bond donors (Lipinski definition) is 0. The van der Waals surface area contributed by atoms with E-state index in [4.69, 9.17) is 4.84 Å². The molecule has 2 aromatic carbocycles. The first-order valence-electron chi connectivity index (χ1n) is 7.52. The Balaban J connectivity index is 1.47. The zero-order chi connectivity index (χ0) is 16.9. The average molecular weight is 323 g/mol. The van der Waals surface area contributed by atoms with Gasteiger partial charge in [-0.05, 0) is 42.8 Å². The molecule has 0 saturated heterocycles. The number of rotatable bonds is 4. The third-order valence-corrected chi connectivity index (χ3v) is 3.50. The van der Waals surface area contributed by atoms with Crippen LogP contribution >= 0.6 is 0 Å². The molecular weight excluding hydrogens is 309 g/mol. The standard InChI is InChI=1S/C19H14FNO3/c20-15-11-9-14(10-12-15)6-2-1-5-13-24-21-18(22)16-7-3-4-8-17(16)19(21)23/h3-4,7-12H,1,5,13H2. The van der Waals surface area contributed by atoms with Crippen LogP contribution in [0, 0.1) is 17.7 Å². The summed E-state index contributed by atoms with van der Waals surface area (Å²) < 4.78 is 12.8. The van der Waals surface area contributed by atoms with Crippen LogP contribution < -0.4 is 0 Å². The highest BCUT2D eigenvalue weighted by Crippen LogP contribution is 2.22. The molecule has 5 heteroatoms. The quantitative estimate of drug-likeness (QED) is 0.493. The molecule has 0 saturated carbocycles. The summed E-state index contributed by atoms with van der Waals surface area (Å²) in [4.78, 5) is 29.4. The van der Waals surface area contributed by atoms with Crippen molar-refractivity contribution in [2.45, 2.75) is 12.8 Å². The number of carbonyl (C=O) groups excluding carboxylic acids is 2. The summed E-state index contributed by atoms with van der Waals surface area (Å²) in [6, 6.07) is 12.6. The van der Waals surface area contributed by atoms with E-state index in [0.29, 0.717) is 24.0 Å². The molecule has 0 radical (unpaired) electrons. The van der Waals surface area contributed by atoms with E-state index in [0.717, 1.165) is 10.6 Å². The Bertz CT molecular complexity index is 799. The second-order valence-electron chi connectivity index (χ2n) is 5.20. The first kappa shape index (κ1) is 15.9. The van der Waals surface area contributed by atoms with Crippen LogP contribution in [0.2, 0.25) is 0 Å². The maximum atomic E-state index is 12.8. The minimum atomic E-state index is -0.437. The summed E-state index contributed by atoms with van der Waals surface area (Å²) in [7, 11) is 0. The molecule has 0 spiro atoms. The first-order chi connectivity index (χ1) is 11.7. The summed E-state index contributed by atoms with van der Waals surface area (Å²) in [5.41, 5.74) is 1.45. The maximum Gasteiger partial charge on any atom is 0.285 e. The molecule has 24 heavy (non-hydrogen) atoms. The summed E-state index contributed by atoms with van der Waals surface area (Å²) >= 11 is 0. The van der Waals surface area contributed by atoms with Crippen LogP contribution in [0.4, 0.5) is 4.39 Å². The third kappa shape index (κ3) is 3.34. The molecule has 0 N–H and O–H groups in total. The molecule has 4 nitrogen and oxygen atoms in total. The van der Waals surface area contributed by atoms with Gasteiger partial charge in [0.25, 0.3) is 11.8 Å². The molecule has 2 amide bonds. The smallest absolute Gasteiger partial charge is 0.266 e. The van der Waals surface area contributed by atoms with Crippen molar-refractivity contribution in [2.24, 2.45) is 0 Å². The van der Waals surface area contributed by atoms with Crippen molar-refractivity contribution >= 4 is 11.8 Å². The third-order valence-electron chi connectivity index (χ3n) is 3.50. The summed E-state index contributed by atoms with van der Waals surface area (Å²) in [5.74, 6) is 4.69. The van der Waals surface area contributed by atoms with Gasteiger partial charge in [0.1, 0.15) is 5.82 Å². The zero-order valence-corrected chi connectivity index (χ0v) is 12.8. The highest BCUT2D eigenvalue weighted by molar-refractivity contribution is 6.20. The van der Waals surface area contributed by atoms with E-state index in [1.165, 1.54) is 12.1 Å². The zero-order valence-electron chi connectivity index (χ0n) is 12.8. The van der Waals surface area contributed by atoms with Crippen LogP contribution in [0.15, 0.2) is 48.5 Å². The predicted octanol–water partition coefficient (Wildman–Crippen LogP) is 3.19. The Morgan fingerprint density at radius 3 is 2.21 bits per heavy atom. The van der Waals surface area contributed by atoms with Crippen molar-refractivity contribution in [2.75, 3.05) is 6.61 Å². The van der Waals surface area contributed by atoms with Crippen LogP contribution in [0.1, 0.15) is 39.1 Å². The number of carbonyl (C=O) groups is 2. The number of unbranched alkanes of at least 4 members (excludes halogenated alkanes) is 1. The second-order valence-corrected chi connectivity index (χ2v) is 5.20. The van der Waals surface area contributed by atoms with Gasteiger partial charge in [0.15, 0.2) is 0 Å². The Hall–Kier alpha value is -2.97. The molecule has 0 fully saturated rings. The van der Waals surface area contributed by atoms with Gasteiger partial charge in [0, 0.05) is 12.0 Å². The van der Waals surface area contributed by atoms with Crippen molar-refractivity contribution in [1.82, 2.24) is 5.06 Å². The minimum absolute atomic E-state index is 0.212. The lowest BCUT2D eigenvalue weighted by molar-refractivity contribution is -0.0916. The van der Waals surface area contributed by atoms with Gasteiger partial charge >= 0.3 is 0 Å². The number of hydroxylamine groups is 2. The molecule has 3 rings (SSSR count). The predicted molar refractivity (Wildman–Crippen MR) is 85.4 cm³/mol. The minimum Gasteiger partial charge on any atom is -0.266 e. The van der Waals surface area contributed by atoms with Gasteiger partial charge in [-0.25, -0.2) is 4.39 Å². The van der Waals surface area contributed by atoms with Crippen molar-refractivity contribution < 1.29 is 18.8 Å². The molecule has 1 heterocycles. The molecular formula is C19H14FNO3. The van der Waals surface area contributed by atoms with E-state index in [9.17, 15) is 14.0 Å². The van der Waals surface area contributed by atoms with Gasteiger partial charge in [-0.3, -0.25) is 14.4 Å². The Kier molecular flexibility index (Phi) is 4.69.